The molecule has 0 atom stereocenters. The van der Waals surface area contributed by atoms with Crippen molar-refractivity contribution >= 4 is 0 Å². The lowest BCUT2D eigenvalue weighted by Gasteiger charge is -2.21. The second kappa shape index (κ2) is 5.62. The van der Waals surface area contributed by atoms with Gasteiger partial charge in [0.05, 0.1) is 11.6 Å². The molecule has 0 saturated carbocycles. The summed E-state index contributed by atoms with van der Waals surface area (Å²) in [7, 11) is 0. The molecule has 2 nitrogen and oxygen atoms in total. The molecule has 0 amide bonds. The van der Waals surface area contributed by atoms with Crippen molar-refractivity contribution in [2.24, 2.45) is 0 Å². The summed E-state index contributed by atoms with van der Waals surface area (Å²) in [6.07, 6.45) is 0.178. The molecule has 1 aliphatic carbocycles. The molecular weight excluding hydrogens is 253 g/mol. The molecule has 0 spiro atoms. The van der Waals surface area contributed by atoms with Crippen molar-refractivity contribution in [1.29, 1.82) is 5.26 Å². The molecule has 19 heavy (non-hydrogen) atoms. The summed E-state index contributed by atoms with van der Waals surface area (Å²) in [6, 6.07) is 2.17. The van der Waals surface area contributed by atoms with Gasteiger partial charge in [-0.25, -0.2) is 0 Å². The number of nitriles is 1. The van der Waals surface area contributed by atoms with Crippen molar-refractivity contribution in [2.75, 3.05) is 13.1 Å². The predicted octanol–water partition coefficient (Wildman–Crippen LogP) is 3.40. The van der Waals surface area contributed by atoms with Gasteiger partial charge in [0.25, 0.3) is 0 Å². The number of hydrogen-bond donors (Lipinski definition) is 1. The van der Waals surface area contributed by atoms with Gasteiger partial charge in [0.15, 0.2) is 0 Å². The smallest absolute Gasteiger partial charge is 0.316 e. The van der Waals surface area contributed by atoms with Crippen molar-refractivity contribution in [3.63, 3.8) is 0 Å². The van der Waals surface area contributed by atoms with Crippen molar-refractivity contribution in [3.05, 3.63) is 34.4 Å². The number of nitrogens with zero attached hydrogens (tertiary/aromatic N) is 1. The molecular formula is C14H15F3N2. The summed E-state index contributed by atoms with van der Waals surface area (Å²) in [5.74, 6) is 0. The molecule has 102 valence electrons. The number of rotatable bonds is 1. The Morgan fingerprint density at radius 1 is 1.11 bits per heavy atom. The van der Waals surface area contributed by atoms with Crippen molar-refractivity contribution in [2.45, 2.75) is 31.9 Å². The second-order valence-electron chi connectivity index (χ2n) is 4.72. The highest BCUT2D eigenvalue weighted by atomic mass is 19.4. The van der Waals surface area contributed by atoms with E-state index in [1.165, 1.54) is 6.08 Å². The predicted molar refractivity (Wildman–Crippen MR) is 66.2 cm³/mol. The number of alkyl halides is 3. The van der Waals surface area contributed by atoms with Gasteiger partial charge >= 0.3 is 6.18 Å². The summed E-state index contributed by atoms with van der Waals surface area (Å²) in [6.45, 7) is 1.66. The van der Waals surface area contributed by atoms with Crippen LogP contribution in [0.15, 0.2) is 34.4 Å². The molecule has 1 heterocycles. The number of allylic oxidation sites excluding steroid dienone is 5. The van der Waals surface area contributed by atoms with Gasteiger partial charge in [-0.15, -0.1) is 0 Å². The first-order valence-electron chi connectivity index (χ1n) is 6.32. The van der Waals surface area contributed by atoms with Crippen molar-refractivity contribution < 1.29 is 13.2 Å². The summed E-state index contributed by atoms with van der Waals surface area (Å²) in [4.78, 5) is 0. The molecule has 1 N–H and O–H groups in total. The lowest BCUT2D eigenvalue weighted by atomic mass is 9.88. The van der Waals surface area contributed by atoms with Crippen LogP contribution in [0.2, 0.25) is 0 Å². The minimum Gasteiger partial charge on any atom is -0.316 e. The van der Waals surface area contributed by atoms with Crippen LogP contribution in [-0.4, -0.2) is 19.3 Å². The maximum atomic E-state index is 12.5. The van der Waals surface area contributed by atoms with E-state index in [4.69, 9.17) is 0 Å². The Bertz CT molecular complexity index is 482. The Hall–Kier alpha value is -1.54. The van der Waals surface area contributed by atoms with Gasteiger partial charge < -0.3 is 5.32 Å². The van der Waals surface area contributed by atoms with Crippen LogP contribution in [0.5, 0.6) is 0 Å². The second-order valence-corrected chi connectivity index (χ2v) is 4.72. The van der Waals surface area contributed by atoms with Gasteiger partial charge in [0.1, 0.15) is 0 Å². The van der Waals surface area contributed by atoms with Gasteiger partial charge in [-0.05, 0) is 49.9 Å². The highest BCUT2D eigenvalue weighted by Gasteiger charge is 2.34. The van der Waals surface area contributed by atoms with E-state index >= 15 is 0 Å². The normalized spacial score (nSPS) is 20.4. The third-order valence-corrected chi connectivity index (χ3v) is 3.51. The van der Waals surface area contributed by atoms with Crippen LogP contribution in [0.1, 0.15) is 25.7 Å². The third kappa shape index (κ3) is 3.27. The lowest BCUT2D eigenvalue weighted by Crippen LogP contribution is -2.24. The quantitative estimate of drug-likeness (QED) is 0.740. The van der Waals surface area contributed by atoms with Crippen LogP contribution >= 0.6 is 0 Å². The first kappa shape index (κ1) is 13.9. The van der Waals surface area contributed by atoms with Crippen LogP contribution in [0.25, 0.3) is 0 Å². The van der Waals surface area contributed by atoms with Crippen LogP contribution in [-0.2, 0) is 0 Å². The number of hydrogen-bond acceptors (Lipinski definition) is 2. The van der Waals surface area contributed by atoms with E-state index in [1.807, 2.05) is 0 Å². The van der Waals surface area contributed by atoms with E-state index in [1.54, 1.807) is 0 Å². The Morgan fingerprint density at radius 2 is 1.79 bits per heavy atom. The van der Waals surface area contributed by atoms with Gasteiger partial charge in [-0.3, -0.25) is 0 Å². The molecule has 2 rings (SSSR count). The summed E-state index contributed by atoms with van der Waals surface area (Å²) in [5, 5.41) is 12.4. The molecule has 2 aliphatic rings. The van der Waals surface area contributed by atoms with Gasteiger partial charge in [0.2, 0.25) is 0 Å². The number of piperidine rings is 1. The van der Waals surface area contributed by atoms with Crippen LogP contribution in [0, 0.1) is 11.3 Å². The first-order chi connectivity index (χ1) is 9.02. The van der Waals surface area contributed by atoms with Crippen LogP contribution < -0.4 is 5.32 Å². The van der Waals surface area contributed by atoms with Gasteiger partial charge in [-0.1, -0.05) is 12.2 Å². The standard InChI is InChI=1S/C14H15F3N2/c15-14(16,17)12-3-1-10(2-4-12)13(9-18)11-5-7-19-8-6-11/h1,3,19H,2,4-8H2. The molecule has 0 unspecified atom stereocenters. The molecule has 1 fully saturated rings. The topological polar surface area (TPSA) is 35.8 Å². The summed E-state index contributed by atoms with van der Waals surface area (Å²) < 4.78 is 37.6. The Morgan fingerprint density at radius 3 is 2.26 bits per heavy atom. The molecule has 1 saturated heterocycles. The maximum Gasteiger partial charge on any atom is 0.412 e. The van der Waals surface area contributed by atoms with E-state index in [0.717, 1.165) is 43.2 Å². The summed E-state index contributed by atoms with van der Waals surface area (Å²) >= 11 is 0. The minimum atomic E-state index is -4.25. The molecule has 0 bridgehead atoms. The fraction of sp³-hybridized carbons (Fsp3) is 0.500. The van der Waals surface area contributed by atoms with E-state index in [-0.39, 0.29) is 6.42 Å². The van der Waals surface area contributed by atoms with E-state index in [0.29, 0.717) is 12.0 Å². The van der Waals surface area contributed by atoms with Gasteiger partial charge in [-0.2, -0.15) is 18.4 Å². The average Bonchev–Trinajstić information content (AvgIpc) is 2.40. The summed E-state index contributed by atoms with van der Waals surface area (Å²) in [5.41, 5.74) is 1.89. The maximum absolute atomic E-state index is 12.5. The highest BCUT2D eigenvalue weighted by Crippen LogP contribution is 2.35. The van der Waals surface area contributed by atoms with Gasteiger partial charge in [0, 0.05) is 5.57 Å². The Balaban J connectivity index is 2.25. The molecule has 0 aromatic carbocycles. The largest absolute Gasteiger partial charge is 0.412 e. The highest BCUT2D eigenvalue weighted by molar-refractivity contribution is 5.49. The lowest BCUT2D eigenvalue weighted by molar-refractivity contribution is -0.0940. The van der Waals surface area contributed by atoms with E-state index in [9.17, 15) is 18.4 Å². The first-order valence-corrected chi connectivity index (χ1v) is 6.32. The average molecular weight is 268 g/mol. The zero-order chi connectivity index (χ0) is 13.9. The molecule has 1 aliphatic heterocycles. The SMILES string of the molecule is N#CC(C1=CC=C(C(F)(F)F)CC1)=C1CCNCC1. The van der Waals surface area contributed by atoms with Crippen LogP contribution in [0.3, 0.4) is 0 Å². The van der Waals surface area contributed by atoms with E-state index in [2.05, 4.69) is 11.4 Å². The molecule has 5 heteroatoms. The molecule has 0 aromatic heterocycles. The Kier molecular flexibility index (Phi) is 4.11. The number of halogens is 3. The monoisotopic (exact) mass is 268 g/mol. The molecule has 0 radical (unpaired) electrons. The minimum absolute atomic E-state index is 0.0357. The zero-order valence-electron chi connectivity index (χ0n) is 10.5. The van der Waals surface area contributed by atoms with E-state index < -0.39 is 11.7 Å². The molecule has 0 aromatic rings. The van der Waals surface area contributed by atoms with Crippen molar-refractivity contribution in [3.8, 4) is 6.07 Å². The fourth-order valence-corrected chi connectivity index (χ4v) is 2.44. The number of nitrogens with one attached hydrogen (secondary N) is 1. The van der Waals surface area contributed by atoms with Crippen LogP contribution in [0.4, 0.5) is 13.2 Å². The third-order valence-electron chi connectivity index (χ3n) is 3.51. The zero-order valence-corrected chi connectivity index (χ0v) is 10.5. The Labute approximate surface area is 110 Å². The van der Waals surface area contributed by atoms with Crippen molar-refractivity contribution in [1.82, 2.24) is 5.32 Å². The fourth-order valence-electron chi connectivity index (χ4n) is 2.44.